The minimum absolute atomic E-state index is 0.0741. The topological polar surface area (TPSA) is 67.2 Å². The van der Waals surface area contributed by atoms with Gasteiger partial charge in [-0.25, -0.2) is 4.98 Å². The van der Waals surface area contributed by atoms with Crippen LogP contribution in [0.15, 0.2) is 34.9 Å². The Labute approximate surface area is 163 Å². The van der Waals surface area contributed by atoms with Gasteiger partial charge in [-0.15, -0.1) is 11.8 Å². The molecule has 2 unspecified atom stereocenters. The molecule has 0 saturated carbocycles. The highest BCUT2D eigenvalue weighted by atomic mass is 35.5. The number of thioether (sulfide) groups is 1. The number of aromatic nitrogens is 1. The molecule has 0 aliphatic carbocycles. The lowest BCUT2D eigenvalue weighted by Crippen LogP contribution is -2.40. The molecule has 2 aromatic rings. The van der Waals surface area contributed by atoms with Crippen LogP contribution in [0.2, 0.25) is 5.02 Å². The molecule has 1 fully saturated rings. The summed E-state index contributed by atoms with van der Waals surface area (Å²) in [4.78, 5) is 16.6. The van der Waals surface area contributed by atoms with Gasteiger partial charge in [-0.2, -0.15) is 0 Å². The molecule has 2 heterocycles. The number of rotatable bonds is 7. The molecule has 0 radical (unpaired) electrons. The van der Waals surface area contributed by atoms with Crippen LogP contribution in [-0.4, -0.2) is 35.8 Å². The van der Waals surface area contributed by atoms with E-state index in [-0.39, 0.29) is 11.2 Å². The lowest BCUT2D eigenvalue weighted by Gasteiger charge is -2.23. The Morgan fingerprint density at radius 2 is 2.27 bits per heavy atom. The minimum Gasteiger partial charge on any atom is -0.440 e. The Hall–Kier alpha value is -1.50. The first kappa shape index (κ1) is 19.3. The molecule has 1 amide bonds. The number of hydrogen-bond acceptors (Lipinski definition) is 5. The highest BCUT2D eigenvalue weighted by Crippen LogP contribution is 2.25. The van der Waals surface area contributed by atoms with Crippen LogP contribution >= 0.6 is 23.4 Å². The maximum Gasteiger partial charge on any atom is 0.232 e. The second-order valence-electron chi connectivity index (χ2n) is 6.54. The Morgan fingerprint density at radius 3 is 3.00 bits per heavy atom. The van der Waals surface area contributed by atoms with E-state index in [1.807, 2.05) is 31.2 Å². The van der Waals surface area contributed by atoms with E-state index in [1.165, 1.54) is 24.6 Å². The first-order valence-electron chi connectivity index (χ1n) is 8.92. The summed E-state index contributed by atoms with van der Waals surface area (Å²) in [6, 6.07) is 7.44. The van der Waals surface area contributed by atoms with E-state index in [0.29, 0.717) is 28.3 Å². The van der Waals surface area contributed by atoms with Crippen LogP contribution in [-0.2, 0) is 10.5 Å². The van der Waals surface area contributed by atoms with Crippen molar-refractivity contribution in [3.05, 3.63) is 41.4 Å². The number of benzene rings is 1. The number of nitrogens with one attached hydrogen (secondary N) is 2. The third kappa shape index (κ3) is 5.50. The van der Waals surface area contributed by atoms with Gasteiger partial charge in [0.15, 0.2) is 5.76 Å². The number of amides is 1. The summed E-state index contributed by atoms with van der Waals surface area (Å²) < 4.78 is 5.78. The van der Waals surface area contributed by atoms with Gasteiger partial charge in [0, 0.05) is 17.1 Å². The van der Waals surface area contributed by atoms with Crippen LogP contribution in [0.1, 0.15) is 25.7 Å². The van der Waals surface area contributed by atoms with Crippen molar-refractivity contribution < 1.29 is 9.21 Å². The van der Waals surface area contributed by atoms with E-state index in [0.717, 1.165) is 25.2 Å². The molecule has 140 valence electrons. The Kier molecular flexibility index (Phi) is 7.00. The van der Waals surface area contributed by atoms with Gasteiger partial charge >= 0.3 is 0 Å². The number of oxazole rings is 1. The smallest absolute Gasteiger partial charge is 0.232 e. The van der Waals surface area contributed by atoms with Crippen molar-refractivity contribution >= 4 is 29.3 Å². The van der Waals surface area contributed by atoms with Gasteiger partial charge in [0.05, 0.1) is 17.2 Å². The molecule has 1 aliphatic rings. The Balaban J connectivity index is 1.44. The van der Waals surface area contributed by atoms with Crippen LogP contribution in [0, 0.1) is 5.92 Å². The molecule has 0 bridgehead atoms. The number of carbonyl (C=O) groups excluding carboxylic acids is 1. The van der Waals surface area contributed by atoms with Gasteiger partial charge in [0.25, 0.3) is 0 Å². The average Bonchev–Trinajstić information content (AvgIpc) is 3.14. The van der Waals surface area contributed by atoms with E-state index >= 15 is 0 Å². The van der Waals surface area contributed by atoms with Crippen molar-refractivity contribution in [1.82, 2.24) is 15.6 Å². The molecule has 5 nitrogen and oxygen atoms in total. The average molecular weight is 394 g/mol. The zero-order valence-corrected chi connectivity index (χ0v) is 16.4. The van der Waals surface area contributed by atoms with E-state index in [4.69, 9.17) is 16.0 Å². The molecule has 0 spiro atoms. The van der Waals surface area contributed by atoms with Gasteiger partial charge in [0.1, 0.15) is 0 Å². The lowest BCUT2D eigenvalue weighted by atomic mass is 10.00. The third-order valence-electron chi connectivity index (χ3n) is 4.47. The van der Waals surface area contributed by atoms with Crippen molar-refractivity contribution in [3.8, 4) is 11.3 Å². The summed E-state index contributed by atoms with van der Waals surface area (Å²) in [7, 11) is 0. The largest absolute Gasteiger partial charge is 0.440 e. The van der Waals surface area contributed by atoms with Gasteiger partial charge in [0.2, 0.25) is 11.8 Å². The highest BCUT2D eigenvalue weighted by molar-refractivity contribution is 7.99. The molecular weight excluding hydrogens is 370 g/mol. The molecule has 1 aromatic heterocycles. The molecule has 26 heavy (non-hydrogen) atoms. The quantitative estimate of drug-likeness (QED) is 0.750. The first-order valence-corrected chi connectivity index (χ1v) is 10.3. The van der Waals surface area contributed by atoms with Crippen LogP contribution in [0.4, 0.5) is 0 Å². The predicted octanol–water partition coefficient (Wildman–Crippen LogP) is 3.73. The van der Waals surface area contributed by atoms with Crippen LogP contribution in [0.3, 0.4) is 0 Å². The Morgan fingerprint density at radius 1 is 1.46 bits per heavy atom. The molecule has 1 saturated heterocycles. The first-order chi connectivity index (χ1) is 12.6. The second kappa shape index (κ2) is 9.44. The number of carbonyl (C=O) groups is 1. The highest BCUT2D eigenvalue weighted by Gasteiger charge is 2.18. The maximum atomic E-state index is 12.2. The third-order valence-corrected chi connectivity index (χ3v) is 5.85. The van der Waals surface area contributed by atoms with Crippen molar-refractivity contribution in [2.45, 2.75) is 30.8 Å². The molecule has 2 atom stereocenters. The fourth-order valence-corrected chi connectivity index (χ4v) is 3.77. The molecule has 1 aliphatic heterocycles. The summed E-state index contributed by atoms with van der Waals surface area (Å²) in [6.45, 7) is 4.75. The van der Waals surface area contributed by atoms with E-state index < -0.39 is 0 Å². The molecule has 7 heteroatoms. The molecular formula is C19H24ClN3O2S. The van der Waals surface area contributed by atoms with Crippen molar-refractivity contribution in [3.63, 3.8) is 0 Å². The van der Waals surface area contributed by atoms with Crippen molar-refractivity contribution in [2.75, 3.05) is 19.6 Å². The maximum absolute atomic E-state index is 12.2. The number of nitrogens with zero attached hydrogens (tertiary/aromatic N) is 1. The fraction of sp³-hybridized carbons (Fsp3) is 0.474. The summed E-state index contributed by atoms with van der Waals surface area (Å²) in [5.74, 6) is 2.51. The lowest BCUT2D eigenvalue weighted by molar-refractivity contribution is -0.120. The summed E-state index contributed by atoms with van der Waals surface area (Å²) in [6.07, 6.45) is 4.07. The van der Waals surface area contributed by atoms with E-state index in [1.54, 1.807) is 6.20 Å². The Bertz CT molecular complexity index is 714. The second-order valence-corrected chi connectivity index (χ2v) is 8.30. The van der Waals surface area contributed by atoms with Crippen molar-refractivity contribution in [2.24, 2.45) is 5.92 Å². The summed E-state index contributed by atoms with van der Waals surface area (Å²) >= 11 is 7.43. The molecule has 3 rings (SSSR count). The van der Waals surface area contributed by atoms with Crippen LogP contribution in [0.25, 0.3) is 11.3 Å². The number of halogens is 1. The zero-order valence-electron chi connectivity index (χ0n) is 14.8. The van der Waals surface area contributed by atoms with E-state index in [2.05, 4.69) is 15.6 Å². The van der Waals surface area contributed by atoms with Gasteiger partial charge < -0.3 is 15.1 Å². The SMILES string of the molecule is CC(SCc1ncc(-c2ccc(Cl)cc2)o1)C(=O)NCC1CCCNC1. The zero-order chi connectivity index (χ0) is 18.4. The summed E-state index contributed by atoms with van der Waals surface area (Å²) in [5, 5.41) is 6.98. The normalized spacial score (nSPS) is 18.5. The van der Waals surface area contributed by atoms with Gasteiger partial charge in [-0.3, -0.25) is 4.79 Å². The predicted molar refractivity (Wildman–Crippen MR) is 106 cm³/mol. The van der Waals surface area contributed by atoms with Gasteiger partial charge in [-0.05, 0) is 63.0 Å². The van der Waals surface area contributed by atoms with Crippen LogP contribution < -0.4 is 10.6 Å². The standard InChI is InChI=1S/C19H24ClN3O2S/c1-13(19(24)23-10-14-3-2-8-21-9-14)26-12-18-22-11-17(25-18)15-4-6-16(20)7-5-15/h4-7,11,13-14,21H,2-3,8-10,12H2,1H3,(H,23,24). The summed E-state index contributed by atoms with van der Waals surface area (Å²) in [5.41, 5.74) is 0.935. The molecule has 2 N–H and O–H groups in total. The fourth-order valence-electron chi connectivity index (χ4n) is 2.88. The van der Waals surface area contributed by atoms with E-state index in [9.17, 15) is 4.79 Å². The number of hydrogen-bond donors (Lipinski definition) is 2. The molecule has 1 aromatic carbocycles. The number of piperidine rings is 1. The van der Waals surface area contributed by atoms with Gasteiger partial charge in [-0.1, -0.05) is 11.6 Å². The monoisotopic (exact) mass is 393 g/mol. The minimum atomic E-state index is -0.141. The van der Waals surface area contributed by atoms with Crippen LogP contribution in [0.5, 0.6) is 0 Å². The van der Waals surface area contributed by atoms with Crippen molar-refractivity contribution in [1.29, 1.82) is 0 Å².